The van der Waals surface area contributed by atoms with Gasteiger partial charge in [0.05, 0.1) is 17.3 Å². The van der Waals surface area contributed by atoms with Crippen LogP contribution in [0.2, 0.25) is 10.0 Å². The molecule has 1 saturated carbocycles. The lowest BCUT2D eigenvalue weighted by molar-refractivity contribution is 0.388. The molecule has 88 valence electrons. The third kappa shape index (κ3) is 2.41. The summed E-state index contributed by atoms with van der Waals surface area (Å²) in [5, 5.41) is 4.41. The smallest absolute Gasteiger partial charge is 0.266 e. The van der Waals surface area contributed by atoms with Crippen molar-refractivity contribution >= 4 is 23.2 Å². The highest BCUT2D eigenvalue weighted by atomic mass is 35.5. The number of nitrogens with zero attached hydrogens (tertiary/aromatic N) is 2. The zero-order valence-corrected chi connectivity index (χ0v) is 10.5. The summed E-state index contributed by atoms with van der Waals surface area (Å²) in [7, 11) is 0. The molecule has 1 aliphatic rings. The van der Waals surface area contributed by atoms with Crippen molar-refractivity contribution in [3.8, 4) is 0 Å². The monoisotopic (exact) mass is 260 g/mol. The number of hydrogen-bond donors (Lipinski definition) is 0. The van der Waals surface area contributed by atoms with Crippen molar-refractivity contribution in [2.75, 3.05) is 0 Å². The molecular weight excluding hydrogens is 247 g/mol. The number of rotatable bonds is 1. The Morgan fingerprint density at radius 1 is 1.19 bits per heavy atom. The molecule has 1 aromatic rings. The molecule has 0 aromatic carbocycles. The molecule has 0 aliphatic heterocycles. The van der Waals surface area contributed by atoms with Crippen molar-refractivity contribution in [3.63, 3.8) is 0 Å². The fraction of sp³-hybridized carbons (Fsp3) is 0.636. The van der Waals surface area contributed by atoms with E-state index in [2.05, 4.69) is 5.10 Å². The molecular formula is C11H14Cl2N2O. The van der Waals surface area contributed by atoms with Crippen molar-refractivity contribution in [1.29, 1.82) is 0 Å². The van der Waals surface area contributed by atoms with Crippen LogP contribution in [0.5, 0.6) is 0 Å². The van der Waals surface area contributed by atoms with Gasteiger partial charge < -0.3 is 0 Å². The van der Waals surface area contributed by atoms with E-state index >= 15 is 0 Å². The van der Waals surface area contributed by atoms with E-state index < -0.39 is 0 Å². The van der Waals surface area contributed by atoms with E-state index in [1.165, 1.54) is 23.7 Å². The first-order chi connectivity index (χ1) is 7.70. The normalized spacial score (nSPS) is 18.4. The van der Waals surface area contributed by atoms with Crippen molar-refractivity contribution < 1.29 is 0 Å². The summed E-state index contributed by atoms with van der Waals surface area (Å²) in [6.07, 6.45) is 8.25. The summed E-state index contributed by atoms with van der Waals surface area (Å²) < 4.78 is 1.50. The lowest BCUT2D eigenvalue weighted by Gasteiger charge is -2.16. The Bertz CT molecular complexity index is 422. The lowest BCUT2D eigenvalue weighted by Crippen LogP contribution is -2.27. The maximum atomic E-state index is 11.9. The van der Waals surface area contributed by atoms with Crippen LogP contribution in [0.4, 0.5) is 0 Å². The Labute approximate surface area is 104 Å². The molecule has 1 heterocycles. The first-order valence-electron chi connectivity index (χ1n) is 5.63. The van der Waals surface area contributed by atoms with Crippen LogP contribution in [-0.4, -0.2) is 9.78 Å². The Morgan fingerprint density at radius 2 is 1.81 bits per heavy atom. The standard InChI is InChI=1S/C11H14Cl2N2O/c12-9-7-14-15(11(16)10(9)13)8-5-3-1-2-4-6-8/h7-8H,1-6H2. The maximum absolute atomic E-state index is 11.9. The summed E-state index contributed by atoms with van der Waals surface area (Å²) in [4.78, 5) is 11.9. The fourth-order valence-corrected chi connectivity index (χ4v) is 2.45. The molecule has 0 N–H and O–H groups in total. The second-order valence-corrected chi connectivity index (χ2v) is 4.99. The van der Waals surface area contributed by atoms with Crippen LogP contribution in [0.25, 0.3) is 0 Å². The topological polar surface area (TPSA) is 34.9 Å². The second kappa shape index (κ2) is 5.19. The first kappa shape index (κ1) is 11.9. The van der Waals surface area contributed by atoms with Gasteiger partial charge in [0.15, 0.2) is 0 Å². The number of hydrogen-bond acceptors (Lipinski definition) is 2. The zero-order valence-electron chi connectivity index (χ0n) is 8.96. The molecule has 0 bridgehead atoms. The highest BCUT2D eigenvalue weighted by Gasteiger charge is 2.18. The average Bonchev–Trinajstić information content (AvgIpc) is 2.55. The van der Waals surface area contributed by atoms with Crippen LogP contribution in [0, 0.1) is 0 Å². The van der Waals surface area contributed by atoms with Gasteiger partial charge in [0.25, 0.3) is 5.56 Å². The molecule has 0 spiro atoms. The average molecular weight is 261 g/mol. The van der Waals surface area contributed by atoms with Crippen LogP contribution in [0.3, 0.4) is 0 Å². The van der Waals surface area contributed by atoms with E-state index in [1.807, 2.05) is 0 Å². The summed E-state index contributed by atoms with van der Waals surface area (Å²) in [5.41, 5.74) is -0.263. The van der Waals surface area contributed by atoms with Gasteiger partial charge >= 0.3 is 0 Å². The molecule has 0 saturated heterocycles. The molecule has 0 radical (unpaired) electrons. The van der Waals surface area contributed by atoms with E-state index in [9.17, 15) is 4.79 Å². The maximum Gasteiger partial charge on any atom is 0.287 e. The van der Waals surface area contributed by atoms with Crippen LogP contribution in [0.1, 0.15) is 44.6 Å². The molecule has 1 aliphatic carbocycles. The number of halogens is 2. The fourth-order valence-electron chi connectivity index (χ4n) is 2.19. The van der Waals surface area contributed by atoms with Gasteiger partial charge in [-0.2, -0.15) is 5.10 Å². The third-order valence-corrected chi connectivity index (χ3v) is 3.82. The van der Waals surface area contributed by atoms with E-state index in [1.54, 1.807) is 0 Å². The second-order valence-electron chi connectivity index (χ2n) is 4.20. The number of aromatic nitrogens is 2. The zero-order chi connectivity index (χ0) is 11.5. The van der Waals surface area contributed by atoms with Crippen molar-refractivity contribution in [2.45, 2.75) is 44.6 Å². The largest absolute Gasteiger partial charge is 0.287 e. The van der Waals surface area contributed by atoms with Crippen LogP contribution >= 0.6 is 23.2 Å². The molecule has 1 aromatic heterocycles. The van der Waals surface area contributed by atoms with Gasteiger partial charge in [-0.1, -0.05) is 48.9 Å². The van der Waals surface area contributed by atoms with Gasteiger partial charge in [-0.15, -0.1) is 0 Å². The summed E-state index contributed by atoms with van der Waals surface area (Å²) in [6, 6.07) is 0.185. The van der Waals surface area contributed by atoms with Gasteiger partial charge in [-0.3, -0.25) is 4.79 Å². The van der Waals surface area contributed by atoms with Crippen molar-refractivity contribution in [1.82, 2.24) is 9.78 Å². The molecule has 0 amide bonds. The quantitative estimate of drug-likeness (QED) is 0.726. The Morgan fingerprint density at radius 3 is 2.44 bits per heavy atom. The molecule has 16 heavy (non-hydrogen) atoms. The van der Waals surface area contributed by atoms with E-state index in [4.69, 9.17) is 23.2 Å². The van der Waals surface area contributed by atoms with Gasteiger partial charge in [-0.25, -0.2) is 4.68 Å². The third-order valence-electron chi connectivity index (χ3n) is 3.07. The molecule has 3 nitrogen and oxygen atoms in total. The Kier molecular flexibility index (Phi) is 3.87. The molecule has 5 heteroatoms. The van der Waals surface area contributed by atoms with Crippen LogP contribution in [0.15, 0.2) is 11.0 Å². The van der Waals surface area contributed by atoms with Gasteiger partial charge in [0.1, 0.15) is 5.02 Å². The summed E-state index contributed by atoms with van der Waals surface area (Å²) in [5.74, 6) is 0. The summed E-state index contributed by atoms with van der Waals surface area (Å²) in [6.45, 7) is 0. The van der Waals surface area contributed by atoms with Crippen molar-refractivity contribution in [2.24, 2.45) is 0 Å². The summed E-state index contributed by atoms with van der Waals surface area (Å²) >= 11 is 11.6. The lowest BCUT2D eigenvalue weighted by atomic mass is 10.1. The van der Waals surface area contributed by atoms with Crippen LogP contribution < -0.4 is 5.56 Å². The SMILES string of the molecule is O=c1c(Cl)c(Cl)cnn1C1CCCCCC1. The molecule has 2 rings (SSSR count). The van der Waals surface area contributed by atoms with Gasteiger partial charge in [0.2, 0.25) is 0 Å². The van der Waals surface area contributed by atoms with Gasteiger partial charge in [0, 0.05) is 0 Å². The minimum atomic E-state index is -0.263. The highest BCUT2D eigenvalue weighted by molar-refractivity contribution is 6.41. The molecule has 0 atom stereocenters. The van der Waals surface area contributed by atoms with E-state index in [0.717, 1.165) is 25.7 Å². The first-order valence-corrected chi connectivity index (χ1v) is 6.38. The van der Waals surface area contributed by atoms with E-state index in [0.29, 0.717) is 0 Å². The molecule has 0 unspecified atom stereocenters. The Balaban J connectivity index is 2.32. The Hall–Kier alpha value is -0.540. The predicted octanol–water partition coefficient (Wildman–Crippen LogP) is 3.45. The minimum Gasteiger partial charge on any atom is -0.266 e. The van der Waals surface area contributed by atoms with Crippen molar-refractivity contribution in [3.05, 3.63) is 26.6 Å². The highest BCUT2D eigenvalue weighted by Crippen LogP contribution is 2.26. The minimum absolute atomic E-state index is 0.0842. The molecule has 1 fully saturated rings. The van der Waals surface area contributed by atoms with Gasteiger partial charge in [-0.05, 0) is 12.8 Å². The van der Waals surface area contributed by atoms with E-state index in [-0.39, 0.29) is 21.6 Å². The van der Waals surface area contributed by atoms with Crippen LogP contribution in [-0.2, 0) is 0 Å². The predicted molar refractivity (Wildman–Crippen MR) is 65.3 cm³/mol.